The summed E-state index contributed by atoms with van der Waals surface area (Å²) in [5.41, 5.74) is 9.62. The fraction of sp³-hybridized carbons (Fsp3) is 0.0714. The molecule has 0 fully saturated rings. The van der Waals surface area contributed by atoms with Crippen LogP contribution >= 0.6 is 15.9 Å². The van der Waals surface area contributed by atoms with Crippen LogP contribution in [0.5, 0.6) is 0 Å². The molecular weight excluding hydrogens is 290 g/mol. The first-order chi connectivity index (χ1) is 8.65. The van der Waals surface area contributed by atoms with Gasteiger partial charge in [0.15, 0.2) is 0 Å². The minimum atomic E-state index is 0.739. The molecule has 4 heteroatoms. The summed E-state index contributed by atoms with van der Waals surface area (Å²) in [5.74, 6) is 0.956. The zero-order valence-electron chi connectivity index (χ0n) is 9.89. The van der Waals surface area contributed by atoms with Crippen molar-refractivity contribution in [2.75, 3.05) is 5.73 Å². The number of aryl methyl sites for hydroxylation is 1. The van der Waals surface area contributed by atoms with Gasteiger partial charge < -0.3 is 5.73 Å². The minimum Gasteiger partial charge on any atom is -0.399 e. The van der Waals surface area contributed by atoms with Crippen molar-refractivity contribution in [3.63, 3.8) is 0 Å². The van der Waals surface area contributed by atoms with Crippen molar-refractivity contribution in [2.45, 2.75) is 6.92 Å². The van der Waals surface area contributed by atoms with Crippen LogP contribution in [0.1, 0.15) is 5.82 Å². The van der Waals surface area contributed by atoms with E-state index >= 15 is 0 Å². The number of hydrogen-bond acceptors (Lipinski definition) is 2. The standard InChI is InChI=1S/C14H12BrN3/c1-9-17-13-8-11(16)4-7-14(13)18(9)12-5-2-10(15)3-6-12/h2-8H,16H2,1H3. The van der Waals surface area contributed by atoms with Crippen molar-refractivity contribution >= 4 is 32.7 Å². The molecule has 0 saturated carbocycles. The molecule has 0 aliphatic carbocycles. The first-order valence-electron chi connectivity index (χ1n) is 5.66. The molecule has 2 N–H and O–H groups in total. The molecule has 0 amide bonds. The second-order valence-corrected chi connectivity index (χ2v) is 5.13. The van der Waals surface area contributed by atoms with Gasteiger partial charge in [-0.15, -0.1) is 0 Å². The molecular formula is C14H12BrN3. The third kappa shape index (κ3) is 1.78. The first-order valence-corrected chi connectivity index (χ1v) is 6.45. The average Bonchev–Trinajstić information content (AvgIpc) is 2.65. The quantitative estimate of drug-likeness (QED) is 0.697. The number of hydrogen-bond donors (Lipinski definition) is 1. The highest BCUT2D eigenvalue weighted by Crippen LogP contribution is 2.23. The van der Waals surface area contributed by atoms with Crippen LogP contribution in [0.4, 0.5) is 5.69 Å². The molecule has 3 nitrogen and oxygen atoms in total. The zero-order chi connectivity index (χ0) is 12.7. The van der Waals surface area contributed by atoms with E-state index in [1.165, 1.54) is 0 Å². The van der Waals surface area contributed by atoms with Crippen LogP contribution < -0.4 is 5.73 Å². The van der Waals surface area contributed by atoms with Crippen molar-refractivity contribution in [3.8, 4) is 5.69 Å². The highest BCUT2D eigenvalue weighted by atomic mass is 79.9. The van der Waals surface area contributed by atoms with Gasteiger partial charge in [-0.1, -0.05) is 15.9 Å². The van der Waals surface area contributed by atoms with E-state index in [1.54, 1.807) is 0 Å². The third-order valence-corrected chi connectivity index (χ3v) is 3.46. The van der Waals surface area contributed by atoms with Crippen LogP contribution in [0, 0.1) is 6.92 Å². The van der Waals surface area contributed by atoms with Gasteiger partial charge in [0.1, 0.15) is 5.82 Å². The van der Waals surface area contributed by atoms with Crippen LogP contribution in [0.15, 0.2) is 46.9 Å². The summed E-state index contributed by atoms with van der Waals surface area (Å²) in [6.07, 6.45) is 0. The van der Waals surface area contributed by atoms with Gasteiger partial charge in [-0.3, -0.25) is 4.57 Å². The molecule has 1 aromatic heterocycles. The summed E-state index contributed by atoms with van der Waals surface area (Å²) in [5, 5.41) is 0. The predicted molar refractivity (Wildman–Crippen MR) is 77.9 cm³/mol. The monoisotopic (exact) mass is 301 g/mol. The molecule has 0 aliphatic rings. The Labute approximate surface area is 113 Å². The van der Waals surface area contributed by atoms with Crippen molar-refractivity contribution in [1.29, 1.82) is 0 Å². The number of nitrogens with zero attached hydrogens (tertiary/aromatic N) is 2. The van der Waals surface area contributed by atoms with E-state index in [1.807, 2.05) is 37.3 Å². The van der Waals surface area contributed by atoms with Crippen LogP contribution in [0.2, 0.25) is 0 Å². The van der Waals surface area contributed by atoms with Crippen molar-refractivity contribution in [2.24, 2.45) is 0 Å². The molecule has 2 aromatic carbocycles. The van der Waals surface area contributed by atoms with Crippen molar-refractivity contribution < 1.29 is 0 Å². The van der Waals surface area contributed by atoms with Crippen molar-refractivity contribution in [1.82, 2.24) is 9.55 Å². The SMILES string of the molecule is Cc1nc2cc(N)ccc2n1-c1ccc(Br)cc1. The van der Waals surface area contributed by atoms with Crippen LogP contribution in [0.25, 0.3) is 16.7 Å². The topological polar surface area (TPSA) is 43.8 Å². The lowest BCUT2D eigenvalue weighted by molar-refractivity contribution is 1.00. The molecule has 3 rings (SSSR count). The fourth-order valence-corrected chi connectivity index (χ4v) is 2.40. The first kappa shape index (κ1) is 11.3. The largest absolute Gasteiger partial charge is 0.399 e. The summed E-state index contributed by atoms with van der Waals surface area (Å²) in [6.45, 7) is 2.00. The number of nitrogen functional groups attached to an aromatic ring is 1. The fourth-order valence-electron chi connectivity index (χ4n) is 2.13. The summed E-state index contributed by atoms with van der Waals surface area (Å²) < 4.78 is 3.19. The maximum atomic E-state index is 5.79. The van der Waals surface area contributed by atoms with Crippen LogP contribution in [0.3, 0.4) is 0 Å². The smallest absolute Gasteiger partial charge is 0.111 e. The normalized spacial score (nSPS) is 11.0. The van der Waals surface area contributed by atoms with Crippen LogP contribution in [-0.4, -0.2) is 9.55 Å². The number of nitrogens with two attached hydrogens (primary N) is 1. The lowest BCUT2D eigenvalue weighted by atomic mass is 10.2. The molecule has 0 radical (unpaired) electrons. The lowest BCUT2D eigenvalue weighted by Gasteiger charge is -2.07. The van der Waals surface area contributed by atoms with Gasteiger partial charge in [0.2, 0.25) is 0 Å². The molecule has 0 aliphatic heterocycles. The van der Waals surface area contributed by atoms with E-state index in [9.17, 15) is 0 Å². The number of fused-ring (bicyclic) bond motifs is 1. The molecule has 3 aromatic rings. The van der Waals surface area contributed by atoms with E-state index in [0.29, 0.717) is 0 Å². The number of rotatable bonds is 1. The average molecular weight is 302 g/mol. The van der Waals surface area contributed by atoms with Gasteiger partial charge in [-0.2, -0.15) is 0 Å². The van der Waals surface area contributed by atoms with Crippen LogP contribution in [-0.2, 0) is 0 Å². The van der Waals surface area contributed by atoms with E-state index in [-0.39, 0.29) is 0 Å². The van der Waals surface area contributed by atoms with E-state index in [0.717, 1.165) is 32.7 Å². The van der Waals surface area contributed by atoms with Gasteiger partial charge in [0, 0.05) is 15.8 Å². The Kier molecular flexibility index (Phi) is 2.59. The Balaban J connectivity index is 2.28. The highest BCUT2D eigenvalue weighted by molar-refractivity contribution is 9.10. The molecule has 0 unspecified atom stereocenters. The number of imidazole rings is 1. The summed E-state index contributed by atoms with van der Waals surface area (Å²) in [6, 6.07) is 14.0. The molecule has 90 valence electrons. The maximum absolute atomic E-state index is 5.79. The number of anilines is 1. The highest BCUT2D eigenvalue weighted by Gasteiger charge is 2.09. The molecule has 0 saturated heterocycles. The molecule has 18 heavy (non-hydrogen) atoms. The number of halogens is 1. The van der Waals surface area contributed by atoms with Crippen molar-refractivity contribution in [3.05, 3.63) is 52.8 Å². The summed E-state index contributed by atoms with van der Waals surface area (Å²) >= 11 is 3.45. The van der Waals surface area contributed by atoms with E-state index in [2.05, 4.69) is 37.6 Å². The van der Waals surface area contributed by atoms with E-state index < -0.39 is 0 Å². The van der Waals surface area contributed by atoms with Gasteiger partial charge in [-0.05, 0) is 49.4 Å². The third-order valence-electron chi connectivity index (χ3n) is 2.93. The number of aromatic nitrogens is 2. The Morgan fingerprint density at radius 1 is 1.11 bits per heavy atom. The second-order valence-electron chi connectivity index (χ2n) is 4.22. The summed E-state index contributed by atoms with van der Waals surface area (Å²) in [4.78, 5) is 4.54. The minimum absolute atomic E-state index is 0.739. The zero-order valence-corrected chi connectivity index (χ0v) is 11.5. The second kappa shape index (κ2) is 4.14. The maximum Gasteiger partial charge on any atom is 0.111 e. The Morgan fingerprint density at radius 2 is 1.83 bits per heavy atom. The molecule has 1 heterocycles. The number of benzene rings is 2. The van der Waals surface area contributed by atoms with E-state index in [4.69, 9.17) is 5.73 Å². The van der Waals surface area contributed by atoms with Gasteiger partial charge in [0.25, 0.3) is 0 Å². The Hall–Kier alpha value is -1.81. The molecule has 0 bridgehead atoms. The Bertz CT molecular complexity index is 714. The molecule has 0 atom stereocenters. The Morgan fingerprint density at radius 3 is 2.56 bits per heavy atom. The lowest BCUT2D eigenvalue weighted by Crippen LogP contribution is -1.96. The van der Waals surface area contributed by atoms with Gasteiger partial charge in [0.05, 0.1) is 11.0 Å². The molecule has 0 spiro atoms. The summed E-state index contributed by atoms with van der Waals surface area (Å²) in [7, 11) is 0. The van der Waals surface area contributed by atoms with Gasteiger partial charge >= 0.3 is 0 Å². The van der Waals surface area contributed by atoms with Gasteiger partial charge in [-0.25, -0.2) is 4.98 Å². The predicted octanol–water partition coefficient (Wildman–Crippen LogP) is 3.68.